The van der Waals surface area contributed by atoms with E-state index in [-0.39, 0.29) is 6.03 Å². The molecular formula is C9H17N3O. The highest BCUT2D eigenvalue weighted by molar-refractivity contribution is 5.73. The minimum Gasteiger partial charge on any atom is -0.337 e. The minimum atomic E-state index is -0.0706. The Hall–Kier alpha value is -1.21. The van der Waals surface area contributed by atoms with Crippen LogP contribution in [0.5, 0.6) is 0 Å². The maximum Gasteiger partial charge on any atom is 0.316 e. The number of rotatable bonds is 5. The quantitative estimate of drug-likeness (QED) is 0.460. The van der Waals surface area contributed by atoms with Crippen molar-refractivity contribution in [2.24, 2.45) is 0 Å². The van der Waals surface area contributed by atoms with Crippen molar-refractivity contribution in [2.45, 2.75) is 6.42 Å². The Kier molecular flexibility index (Phi) is 6.75. The van der Waals surface area contributed by atoms with Crippen molar-refractivity contribution in [1.29, 1.82) is 0 Å². The van der Waals surface area contributed by atoms with E-state index in [0.29, 0.717) is 6.54 Å². The van der Waals surface area contributed by atoms with Gasteiger partial charge in [-0.2, -0.15) is 0 Å². The van der Waals surface area contributed by atoms with Crippen molar-refractivity contribution in [2.75, 3.05) is 33.7 Å². The second-order valence-electron chi connectivity index (χ2n) is 2.83. The Morgan fingerprint density at radius 2 is 2.08 bits per heavy atom. The van der Waals surface area contributed by atoms with Gasteiger partial charge in [0.25, 0.3) is 0 Å². The van der Waals surface area contributed by atoms with E-state index in [1.54, 1.807) is 14.1 Å². The largest absolute Gasteiger partial charge is 0.337 e. The van der Waals surface area contributed by atoms with Gasteiger partial charge in [-0.05, 0) is 0 Å². The van der Waals surface area contributed by atoms with Gasteiger partial charge < -0.3 is 15.5 Å². The molecule has 0 rings (SSSR count). The molecular weight excluding hydrogens is 166 g/mol. The highest BCUT2D eigenvalue weighted by Crippen LogP contribution is 1.75. The number of urea groups is 1. The summed E-state index contributed by atoms with van der Waals surface area (Å²) in [6.45, 7) is 2.18. The van der Waals surface area contributed by atoms with Gasteiger partial charge in [0.05, 0.1) is 0 Å². The number of amides is 2. The lowest BCUT2D eigenvalue weighted by Gasteiger charge is -2.11. The Labute approximate surface area is 79.7 Å². The summed E-state index contributed by atoms with van der Waals surface area (Å²) < 4.78 is 0. The lowest BCUT2D eigenvalue weighted by atomic mass is 10.4. The molecule has 0 aliphatic rings. The normalized spacial score (nSPS) is 9.00. The topological polar surface area (TPSA) is 44.4 Å². The number of nitrogens with one attached hydrogen (secondary N) is 2. The van der Waals surface area contributed by atoms with Crippen LogP contribution in [0, 0.1) is 12.3 Å². The molecule has 2 N–H and O–H groups in total. The molecule has 0 aromatic rings. The first-order valence-electron chi connectivity index (χ1n) is 4.28. The van der Waals surface area contributed by atoms with Crippen LogP contribution in [0.4, 0.5) is 4.79 Å². The van der Waals surface area contributed by atoms with Gasteiger partial charge in [0.2, 0.25) is 0 Å². The Morgan fingerprint density at radius 1 is 1.38 bits per heavy atom. The van der Waals surface area contributed by atoms with Crippen molar-refractivity contribution in [3.8, 4) is 12.3 Å². The Bertz CT molecular complexity index is 184. The standard InChI is InChI=1S/C9H17N3O/c1-4-5-6-10-7-8-11-9(13)12(2)3/h1,10H,5-8H2,2-3H3,(H,11,13). The summed E-state index contributed by atoms with van der Waals surface area (Å²) in [5.41, 5.74) is 0. The molecule has 2 amide bonds. The van der Waals surface area contributed by atoms with Crippen LogP contribution in [-0.4, -0.2) is 44.7 Å². The number of hydrogen-bond acceptors (Lipinski definition) is 2. The molecule has 0 fully saturated rings. The molecule has 0 radical (unpaired) electrons. The molecule has 4 nitrogen and oxygen atoms in total. The first-order valence-corrected chi connectivity index (χ1v) is 4.28. The molecule has 4 heteroatoms. The summed E-state index contributed by atoms with van der Waals surface area (Å²) in [5, 5.41) is 5.84. The Morgan fingerprint density at radius 3 is 2.62 bits per heavy atom. The molecule has 74 valence electrons. The summed E-state index contributed by atoms with van der Waals surface area (Å²) >= 11 is 0. The van der Waals surface area contributed by atoms with Crippen LogP contribution in [0.3, 0.4) is 0 Å². The fraction of sp³-hybridized carbons (Fsp3) is 0.667. The van der Waals surface area contributed by atoms with E-state index in [1.165, 1.54) is 4.90 Å². The van der Waals surface area contributed by atoms with E-state index in [9.17, 15) is 4.79 Å². The molecule has 0 bridgehead atoms. The highest BCUT2D eigenvalue weighted by atomic mass is 16.2. The third-order valence-electron chi connectivity index (χ3n) is 1.43. The molecule has 0 atom stereocenters. The summed E-state index contributed by atoms with van der Waals surface area (Å²) in [6, 6.07) is -0.0706. The van der Waals surface area contributed by atoms with E-state index in [0.717, 1.165) is 19.5 Å². The lowest BCUT2D eigenvalue weighted by molar-refractivity contribution is 0.217. The summed E-state index contributed by atoms with van der Waals surface area (Å²) in [7, 11) is 3.42. The second kappa shape index (κ2) is 7.44. The first kappa shape index (κ1) is 11.8. The van der Waals surface area contributed by atoms with Crippen LogP contribution in [0.1, 0.15) is 6.42 Å². The molecule has 0 saturated heterocycles. The summed E-state index contributed by atoms with van der Waals surface area (Å²) in [6.07, 6.45) is 5.79. The maximum atomic E-state index is 11.0. The third kappa shape index (κ3) is 7.16. The molecule has 0 spiro atoms. The van der Waals surface area contributed by atoms with Gasteiger partial charge in [0, 0.05) is 40.2 Å². The van der Waals surface area contributed by atoms with Gasteiger partial charge in [-0.1, -0.05) is 0 Å². The van der Waals surface area contributed by atoms with Crippen molar-refractivity contribution >= 4 is 6.03 Å². The smallest absolute Gasteiger partial charge is 0.316 e. The zero-order chi connectivity index (χ0) is 10.1. The van der Waals surface area contributed by atoms with Crippen LogP contribution in [0.15, 0.2) is 0 Å². The number of terminal acetylenes is 1. The predicted octanol–water partition coefficient (Wildman–Crippen LogP) is -0.129. The molecule has 0 aliphatic carbocycles. The molecule has 0 heterocycles. The van der Waals surface area contributed by atoms with E-state index in [2.05, 4.69) is 16.6 Å². The van der Waals surface area contributed by atoms with Crippen LogP contribution in [0.25, 0.3) is 0 Å². The molecule has 0 aliphatic heterocycles. The molecule has 0 unspecified atom stereocenters. The molecule has 0 saturated carbocycles. The van der Waals surface area contributed by atoms with Crippen LogP contribution in [-0.2, 0) is 0 Å². The van der Waals surface area contributed by atoms with Gasteiger partial charge in [-0.15, -0.1) is 12.3 Å². The monoisotopic (exact) mass is 183 g/mol. The summed E-state index contributed by atoms with van der Waals surface area (Å²) in [5.74, 6) is 2.53. The Balaban J connectivity index is 3.17. The van der Waals surface area contributed by atoms with Crippen molar-refractivity contribution in [3.05, 3.63) is 0 Å². The third-order valence-corrected chi connectivity index (χ3v) is 1.43. The predicted molar refractivity (Wildman–Crippen MR) is 53.4 cm³/mol. The van der Waals surface area contributed by atoms with Gasteiger partial charge in [-0.3, -0.25) is 0 Å². The maximum absolute atomic E-state index is 11.0. The van der Waals surface area contributed by atoms with E-state index < -0.39 is 0 Å². The number of carbonyl (C=O) groups is 1. The average molecular weight is 183 g/mol. The zero-order valence-electron chi connectivity index (χ0n) is 8.26. The fourth-order valence-electron chi connectivity index (χ4n) is 0.701. The van der Waals surface area contributed by atoms with Crippen LogP contribution >= 0.6 is 0 Å². The SMILES string of the molecule is C#CCCNCCNC(=O)N(C)C. The average Bonchev–Trinajstić information content (AvgIpc) is 2.10. The first-order chi connectivity index (χ1) is 6.18. The van der Waals surface area contributed by atoms with Crippen molar-refractivity contribution in [1.82, 2.24) is 15.5 Å². The number of nitrogens with zero attached hydrogens (tertiary/aromatic N) is 1. The van der Waals surface area contributed by atoms with Gasteiger partial charge in [0.1, 0.15) is 0 Å². The molecule has 0 aromatic heterocycles. The van der Waals surface area contributed by atoms with Gasteiger partial charge >= 0.3 is 6.03 Å². The van der Waals surface area contributed by atoms with E-state index >= 15 is 0 Å². The van der Waals surface area contributed by atoms with Crippen LogP contribution < -0.4 is 10.6 Å². The van der Waals surface area contributed by atoms with Crippen molar-refractivity contribution < 1.29 is 4.79 Å². The van der Waals surface area contributed by atoms with E-state index in [1.807, 2.05) is 0 Å². The lowest BCUT2D eigenvalue weighted by Crippen LogP contribution is -2.38. The van der Waals surface area contributed by atoms with Gasteiger partial charge in [0.15, 0.2) is 0 Å². The van der Waals surface area contributed by atoms with E-state index in [4.69, 9.17) is 6.42 Å². The minimum absolute atomic E-state index is 0.0706. The second-order valence-corrected chi connectivity index (χ2v) is 2.83. The summed E-state index contributed by atoms with van der Waals surface area (Å²) in [4.78, 5) is 12.5. The molecule has 13 heavy (non-hydrogen) atoms. The number of carbonyl (C=O) groups excluding carboxylic acids is 1. The fourth-order valence-corrected chi connectivity index (χ4v) is 0.701. The molecule has 0 aromatic carbocycles. The van der Waals surface area contributed by atoms with Crippen LogP contribution in [0.2, 0.25) is 0 Å². The zero-order valence-corrected chi connectivity index (χ0v) is 8.26. The number of hydrogen-bond donors (Lipinski definition) is 2. The van der Waals surface area contributed by atoms with Crippen molar-refractivity contribution in [3.63, 3.8) is 0 Å². The highest BCUT2D eigenvalue weighted by Gasteiger charge is 1.99. The van der Waals surface area contributed by atoms with Gasteiger partial charge in [-0.25, -0.2) is 4.79 Å².